The zero-order valence-corrected chi connectivity index (χ0v) is 15.3. The highest BCUT2D eigenvalue weighted by Gasteiger charge is 2.34. The van der Waals surface area contributed by atoms with E-state index in [0.29, 0.717) is 17.8 Å². The van der Waals surface area contributed by atoms with Crippen LogP contribution >= 0.6 is 11.3 Å². The maximum Gasteiger partial charge on any atom is 0.273 e. The smallest absolute Gasteiger partial charge is 0.273 e. The van der Waals surface area contributed by atoms with Crippen LogP contribution in [0.2, 0.25) is 0 Å². The van der Waals surface area contributed by atoms with Crippen molar-refractivity contribution in [3.05, 3.63) is 16.6 Å². The molecule has 6 nitrogen and oxygen atoms in total. The minimum atomic E-state index is 0.0556. The van der Waals surface area contributed by atoms with Gasteiger partial charge < -0.3 is 10.2 Å². The van der Waals surface area contributed by atoms with Crippen molar-refractivity contribution in [1.29, 1.82) is 0 Å². The third kappa shape index (κ3) is 4.03. The molecule has 25 heavy (non-hydrogen) atoms. The molecule has 1 atom stereocenters. The number of piperidine rings is 2. The molecule has 1 N–H and O–H groups in total. The third-order valence-corrected chi connectivity index (χ3v) is 6.25. The molecule has 2 amide bonds. The lowest BCUT2D eigenvalue weighted by molar-refractivity contribution is -0.127. The lowest BCUT2D eigenvalue weighted by Crippen LogP contribution is -2.51. The van der Waals surface area contributed by atoms with Crippen LogP contribution in [0.3, 0.4) is 0 Å². The number of carbonyl (C=O) groups is 2. The zero-order chi connectivity index (χ0) is 17.2. The summed E-state index contributed by atoms with van der Waals surface area (Å²) in [5, 5.41) is 4.98. The fourth-order valence-electron chi connectivity index (χ4n) is 4.01. The van der Waals surface area contributed by atoms with Crippen molar-refractivity contribution in [2.45, 2.75) is 50.6 Å². The van der Waals surface area contributed by atoms with Gasteiger partial charge in [-0.2, -0.15) is 0 Å². The van der Waals surface area contributed by atoms with E-state index in [9.17, 15) is 9.59 Å². The first-order valence-corrected chi connectivity index (χ1v) is 10.4. The second-order valence-electron chi connectivity index (χ2n) is 7.51. The highest BCUT2D eigenvalue weighted by molar-refractivity contribution is 7.07. The molecule has 3 aliphatic rings. The van der Waals surface area contributed by atoms with Crippen molar-refractivity contribution < 1.29 is 9.59 Å². The summed E-state index contributed by atoms with van der Waals surface area (Å²) in [6.45, 7) is 3.54. The monoisotopic (exact) mass is 362 g/mol. The van der Waals surface area contributed by atoms with E-state index >= 15 is 0 Å². The summed E-state index contributed by atoms with van der Waals surface area (Å²) in [6.07, 6.45) is 6.39. The quantitative estimate of drug-likeness (QED) is 0.886. The third-order valence-electron chi connectivity index (χ3n) is 5.67. The molecule has 136 valence electrons. The fraction of sp³-hybridized carbons (Fsp3) is 0.722. The molecule has 0 bridgehead atoms. The first kappa shape index (κ1) is 17.0. The lowest BCUT2D eigenvalue weighted by atomic mass is 9.93. The maximum absolute atomic E-state index is 12.4. The Morgan fingerprint density at radius 1 is 1.12 bits per heavy atom. The Balaban J connectivity index is 1.28. The van der Waals surface area contributed by atoms with Crippen molar-refractivity contribution in [3.8, 4) is 0 Å². The van der Waals surface area contributed by atoms with E-state index in [2.05, 4.69) is 15.2 Å². The molecule has 1 saturated carbocycles. The Bertz CT molecular complexity index is 609. The molecule has 1 aromatic rings. The molecule has 0 radical (unpaired) electrons. The molecule has 1 aromatic heterocycles. The number of nitrogens with zero attached hydrogens (tertiary/aromatic N) is 3. The van der Waals surface area contributed by atoms with Crippen molar-refractivity contribution in [3.63, 3.8) is 0 Å². The minimum Gasteiger partial charge on any atom is -0.353 e. The molecular formula is C18H26N4O2S. The van der Waals surface area contributed by atoms with Crippen molar-refractivity contribution in [2.75, 3.05) is 26.2 Å². The minimum absolute atomic E-state index is 0.0556. The van der Waals surface area contributed by atoms with Crippen LogP contribution in [0.5, 0.6) is 0 Å². The summed E-state index contributed by atoms with van der Waals surface area (Å²) in [6, 6.07) is 0.943. The van der Waals surface area contributed by atoms with Gasteiger partial charge in [0.15, 0.2) is 0 Å². The summed E-state index contributed by atoms with van der Waals surface area (Å²) >= 11 is 1.46. The average Bonchev–Trinajstić information content (AvgIpc) is 3.30. The Hall–Kier alpha value is -1.47. The molecule has 2 saturated heterocycles. The predicted octanol–water partition coefficient (Wildman–Crippen LogP) is 1.74. The summed E-state index contributed by atoms with van der Waals surface area (Å²) in [5.41, 5.74) is 2.28. The number of rotatable bonds is 4. The van der Waals surface area contributed by atoms with E-state index in [1.165, 1.54) is 11.3 Å². The molecule has 3 fully saturated rings. The van der Waals surface area contributed by atoms with Crippen LogP contribution in [0.15, 0.2) is 10.9 Å². The molecule has 1 aliphatic carbocycles. The predicted molar refractivity (Wildman–Crippen MR) is 96.5 cm³/mol. The van der Waals surface area contributed by atoms with E-state index in [-0.39, 0.29) is 17.7 Å². The van der Waals surface area contributed by atoms with Crippen LogP contribution in [-0.2, 0) is 4.79 Å². The number of thiazole rings is 1. The fourth-order valence-corrected chi connectivity index (χ4v) is 4.54. The highest BCUT2D eigenvalue weighted by Crippen LogP contribution is 2.26. The van der Waals surface area contributed by atoms with Crippen molar-refractivity contribution >= 4 is 23.2 Å². The van der Waals surface area contributed by atoms with Crippen LogP contribution in [0.4, 0.5) is 0 Å². The van der Waals surface area contributed by atoms with Crippen LogP contribution in [0.25, 0.3) is 0 Å². The normalized spacial score (nSPS) is 25.8. The van der Waals surface area contributed by atoms with Gasteiger partial charge in [0.25, 0.3) is 5.91 Å². The molecular weight excluding hydrogens is 336 g/mol. The number of nitrogens with one attached hydrogen (secondary N) is 1. The lowest BCUT2D eigenvalue weighted by Gasteiger charge is -2.42. The second-order valence-corrected chi connectivity index (χ2v) is 8.23. The van der Waals surface area contributed by atoms with E-state index < -0.39 is 0 Å². The van der Waals surface area contributed by atoms with E-state index in [0.717, 1.165) is 64.7 Å². The van der Waals surface area contributed by atoms with Crippen LogP contribution in [0, 0.1) is 5.92 Å². The number of hydrogen-bond acceptors (Lipinski definition) is 5. The van der Waals surface area contributed by atoms with Gasteiger partial charge in [0.05, 0.1) is 11.4 Å². The number of amides is 2. The Morgan fingerprint density at radius 2 is 1.92 bits per heavy atom. The first-order chi connectivity index (χ1) is 12.2. The molecule has 7 heteroatoms. The van der Waals surface area contributed by atoms with Gasteiger partial charge in [-0.05, 0) is 45.1 Å². The van der Waals surface area contributed by atoms with Crippen LogP contribution in [-0.4, -0.2) is 64.9 Å². The van der Waals surface area contributed by atoms with E-state index in [1.54, 1.807) is 5.51 Å². The van der Waals surface area contributed by atoms with Crippen molar-refractivity contribution in [2.24, 2.45) is 5.92 Å². The Kier molecular flexibility index (Phi) is 5.03. The topological polar surface area (TPSA) is 65.5 Å². The zero-order valence-electron chi connectivity index (χ0n) is 14.5. The first-order valence-electron chi connectivity index (χ1n) is 9.42. The second kappa shape index (κ2) is 7.41. The highest BCUT2D eigenvalue weighted by atomic mass is 32.1. The number of likely N-dealkylation sites (tertiary alicyclic amines) is 2. The molecule has 0 aromatic carbocycles. The number of aromatic nitrogens is 1. The van der Waals surface area contributed by atoms with Gasteiger partial charge in [0, 0.05) is 37.1 Å². The Labute approximate surface area is 152 Å². The molecule has 3 heterocycles. The molecule has 1 unspecified atom stereocenters. The van der Waals surface area contributed by atoms with E-state index in [4.69, 9.17) is 0 Å². The maximum atomic E-state index is 12.4. The van der Waals surface area contributed by atoms with E-state index in [1.807, 2.05) is 10.3 Å². The van der Waals surface area contributed by atoms with Gasteiger partial charge in [-0.3, -0.25) is 14.5 Å². The van der Waals surface area contributed by atoms with Crippen LogP contribution < -0.4 is 5.32 Å². The number of carbonyl (C=O) groups excluding carboxylic acids is 2. The Morgan fingerprint density at radius 3 is 2.60 bits per heavy atom. The summed E-state index contributed by atoms with van der Waals surface area (Å²) in [4.78, 5) is 33.3. The number of hydrogen-bond donors (Lipinski definition) is 1. The largest absolute Gasteiger partial charge is 0.353 e. The summed E-state index contributed by atoms with van der Waals surface area (Å²) in [7, 11) is 0. The van der Waals surface area contributed by atoms with Crippen LogP contribution in [0.1, 0.15) is 49.0 Å². The molecule has 0 spiro atoms. The molecule has 2 aliphatic heterocycles. The average molecular weight is 362 g/mol. The SMILES string of the molecule is O=C(NC1CC1)C1CCCN(C2CCN(C(=O)c3cscn3)CC2)C1. The van der Waals surface area contributed by atoms with Gasteiger partial charge >= 0.3 is 0 Å². The standard InChI is InChI=1S/C18H26N4O2S/c23-17(20-14-3-4-14)13-2-1-7-22(10-13)15-5-8-21(9-6-15)18(24)16-11-25-12-19-16/h11-15H,1-10H2,(H,20,23). The van der Waals surface area contributed by atoms with Gasteiger partial charge in [-0.25, -0.2) is 4.98 Å². The van der Waals surface area contributed by atoms with Crippen molar-refractivity contribution in [1.82, 2.24) is 20.1 Å². The summed E-state index contributed by atoms with van der Waals surface area (Å²) in [5.74, 6) is 0.451. The van der Waals surface area contributed by atoms with Gasteiger partial charge in [-0.15, -0.1) is 11.3 Å². The van der Waals surface area contributed by atoms with Gasteiger partial charge in [0.2, 0.25) is 5.91 Å². The summed E-state index contributed by atoms with van der Waals surface area (Å²) < 4.78 is 0. The van der Waals surface area contributed by atoms with Gasteiger partial charge in [0.1, 0.15) is 5.69 Å². The van der Waals surface area contributed by atoms with Gasteiger partial charge in [-0.1, -0.05) is 0 Å². The molecule has 4 rings (SSSR count).